The van der Waals surface area contributed by atoms with Crippen molar-refractivity contribution in [1.82, 2.24) is 15.0 Å². The number of hydrogen-bond acceptors (Lipinski definition) is 4. The lowest BCUT2D eigenvalue weighted by atomic mass is 10.2. The van der Waals surface area contributed by atoms with Crippen molar-refractivity contribution in [2.45, 2.75) is 13.8 Å². The van der Waals surface area contributed by atoms with Gasteiger partial charge in [0.2, 0.25) is 0 Å². The Hall–Kier alpha value is -1.97. The molecule has 0 aliphatic heterocycles. The second-order valence-corrected chi connectivity index (χ2v) is 3.33. The molecule has 2 heterocycles. The third-order valence-corrected chi connectivity index (χ3v) is 2.22. The van der Waals surface area contributed by atoms with Crippen LogP contribution in [0.2, 0.25) is 0 Å². The van der Waals surface area contributed by atoms with E-state index in [1.54, 1.807) is 24.5 Å². The maximum Gasteiger partial charge on any atom is 0.181 e. The van der Waals surface area contributed by atoms with Gasteiger partial charge in [0.15, 0.2) is 5.82 Å². The van der Waals surface area contributed by atoms with Gasteiger partial charge in [0.25, 0.3) is 0 Å². The van der Waals surface area contributed by atoms with Crippen LogP contribution in [0.5, 0.6) is 5.75 Å². The predicted octanol–water partition coefficient (Wildman–Crippen LogP) is 1.86. The summed E-state index contributed by atoms with van der Waals surface area (Å²) in [5.74, 6) is 0.558. The molecule has 0 radical (unpaired) electrons. The molecule has 0 aromatic carbocycles. The highest BCUT2D eigenvalue weighted by Gasteiger charge is 2.10. The first-order valence-electron chi connectivity index (χ1n) is 4.63. The quantitative estimate of drug-likeness (QED) is 0.765. The second-order valence-electron chi connectivity index (χ2n) is 3.33. The van der Waals surface area contributed by atoms with E-state index in [-0.39, 0.29) is 5.75 Å². The van der Waals surface area contributed by atoms with Gasteiger partial charge in [0.1, 0.15) is 11.4 Å². The molecule has 2 aromatic heterocycles. The summed E-state index contributed by atoms with van der Waals surface area (Å²) < 4.78 is 0. The van der Waals surface area contributed by atoms with Crippen molar-refractivity contribution >= 4 is 0 Å². The molecule has 0 fully saturated rings. The second kappa shape index (κ2) is 3.65. The fraction of sp³-hybridized carbons (Fsp3) is 0.182. The van der Waals surface area contributed by atoms with E-state index in [1.165, 1.54) is 0 Å². The van der Waals surface area contributed by atoms with Crippen LogP contribution in [0.1, 0.15) is 11.3 Å². The van der Waals surface area contributed by atoms with Crippen molar-refractivity contribution < 1.29 is 5.11 Å². The molecular weight excluding hydrogens is 190 g/mol. The van der Waals surface area contributed by atoms with Gasteiger partial charge in [-0.05, 0) is 31.5 Å². The molecule has 0 aliphatic carbocycles. The van der Waals surface area contributed by atoms with Gasteiger partial charge in [-0.25, -0.2) is 15.0 Å². The summed E-state index contributed by atoms with van der Waals surface area (Å²) in [6.07, 6.45) is 3.25. The molecule has 76 valence electrons. The van der Waals surface area contributed by atoms with Crippen molar-refractivity contribution in [2.75, 3.05) is 0 Å². The Morgan fingerprint density at radius 1 is 1.13 bits per heavy atom. The number of nitrogens with zero attached hydrogens (tertiary/aromatic N) is 3. The molecule has 0 spiro atoms. The molecule has 0 atom stereocenters. The van der Waals surface area contributed by atoms with Crippen molar-refractivity contribution in [1.29, 1.82) is 0 Å². The van der Waals surface area contributed by atoms with E-state index < -0.39 is 0 Å². The van der Waals surface area contributed by atoms with Crippen LogP contribution in [0.15, 0.2) is 24.5 Å². The van der Waals surface area contributed by atoms with Crippen molar-refractivity contribution in [3.8, 4) is 17.3 Å². The number of hydrogen-bond donors (Lipinski definition) is 1. The smallest absolute Gasteiger partial charge is 0.181 e. The van der Waals surface area contributed by atoms with Gasteiger partial charge in [-0.1, -0.05) is 0 Å². The van der Waals surface area contributed by atoms with Gasteiger partial charge >= 0.3 is 0 Å². The van der Waals surface area contributed by atoms with Gasteiger partial charge < -0.3 is 5.11 Å². The summed E-state index contributed by atoms with van der Waals surface area (Å²) in [6.45, 7) is 3.79. The Balaban J connectivity index is 2.59. The molecule has 0 unspecified atom stereocenters. The first-order valence-corrected chi connectivity index (χ1v) is 4.63. The minimum atomic E-state index is 0.115. The third-order valence-electron chi connectivity index (χ3n) is 2.22. The largest absolute Gasteiger partial charge is 0.506 e. The van der Waals surface area contributed by atoms with Gasteiger partial charge in [0.05, 0.1) is 0 Å². The molecule has 4 nitrogen and oxygen atoms in total. The third kappa shape index (κ3) is 1.79. The highest BCUT2D eigenvalue weighted by molar-refractivity contribution is 5.59. The van der Waals surface area contributed by atoms with Gasteiger partial charge in [-0.15, -0.1) is 0 Å². The maximum atomic E-state index is 9.73. The number of aryl methyl sites for hydroxylation is 2. The summed E-state index contributed by atoms with van der Waals surface area (Å²) in [6, 6.07) is 3.40. The number of pyridine rings is 1. The molecule has 0 aliphatic rings. The normalized spacial score (nSPS) is 10.3. The zero-order valence-corrected chi connectivity index (χ0v) is 8.60. The van der Waals surface area contributed by atoms with Gasteiger partial charge in [0, 0.05) is 18.1 Å². The van der Waals surface area contributed by atoms with E-state index in [0.29, 0.717) is 11.5 Å². The summed E-state index contributed by atoms with van der Waals surface area (Å²) >= 11 is 0. The monoisotopic (exact) mass is 201 g/mol. The van der Waals surface area contributed by atoms with Crippen molar-refractivity contribution in [2.24, 2.45) is 0 Å². The standard InChI is InChI=1S/C11H11N3O/c1-7-6-9(15)10(14-8(7)2)11-12-4-3-5-13-11/h3-6,15H,1-2H3. The first kappa shape index (κ1) is 9.58. The fourth-order valence-corrected chi connectivity index (χ4v) is 1.28. The van der Waals surface area contributed by atoms with Crippen molar-refractivity contribution in [3.05, 3.63) is 35.8 Å². The van der Waals surface area contributed by atoms with Crippen LogP contribution in [0, 0.1) is 13.8 Å². The van der Waals surface area contributed by atoms with E-state index in [0.717, 1.165) is 11.3 Å². The zero-order chi connectivity index (χ0) is 10.8. The summed E-state index contributed by atoms with van der Waals surface area (Å²) in [7, 11) is 0. The van der Waals surface area contributed by atoms with Crippen LogP contribution in [0.3, 0.4) is 0 Å². The van der Waals surface area contributed by atoms with Crippen molar-refractivity contribution in [3.63, 3.8) is 0 Å². The Bertz CT molecular complexity index is 483. The SMILES string of the molecule is Cc1cc(O)c(-c2ncccn2)nc1C. The summed E-state index contributed by atoms with van der Waals surface area (Å²) in [5.41, 5.74) is 2.25. The Labute approximate surface area is 87.7 Å². The van der Waals surface area contributed by atoms with E-state index >= 15 is 0 Å². The summed E-state index contributed by atoms with van der Waals surface area (Å²) in [5, 5.41) is 9.73. The molecule has 0 amide bonds. The van der Waals surface area contributed by atoms with Crippen LogP contribution in [0.25, 0.3) is 11.5 Å². The minimum Gasteiger partial charge on any atom is -0.506 e. The minimum absolute atomic E-state index is 0.115. The van der Waals surface area contributed by atoms with Crippen LogP contribution >= 0.6 is 0 Å². The molecule has 2 aromatic rings. The Morgan fingerprint density at radius 3 is 2.47 bits per heavy atom. The molecular formula is C11H11N3O. The van der Waals surface area contributed by atoms with E-state index in [1.807, 2.05) is 13.8 Å². The topological polar surface area (TPSA) is 58.9 Å². The van der Waals surface area contributed by atoms with E-state index in [2.05, 4.69) is 15.0 Å². The molecule has 4 heteroatoms. The lowest BCUT2D eigenvalue weighted by Crippen LogP contribution is -1.95. The van der Waals surface area contributed by atoms with E-state index in [9.17, 15) is 5.11 Å². The number of aromatic hydroxyl groups is 1. The Morgan fingerprint density at radius 2 is 1.80 bits per heavy atom. The van der Waals surface area contributed by atoms with Crippen LogP contribution in [-0.2, 0) is 0 Å². The molecule has 0 saturated heterocycles. The predicted molar refractivity (Wildman–Crippen MR) is 56.4 cm³/mol. The van der Waals surface area contributed by atoms with Gasteiger partial charge in [-0.3, -0.25) is 0 Å². The lowest BCUT2D eigenvalue weighted by Gasteiger charge is -2.05. The average molecular weight is 201 g/mol. The van der Waals surface area contributed by atoms with Crippen LogP contribution in [0.4, 0.5) is 0 Å². The summed E-state index contributed by atoms with van der Waals surface area (Å²) in [4.78, 5) is 12.4. The molecule has 0 bridgehead atoms. The van der Waals surface area contributed by atoms with Crippen LogP contribution < -0.4 is 0 Å². The Kier molecular flexibility index (Phi) is 2.33. The zero-order valence-electron chi connectivity index (χ0n) is 8.60. The van der Waals surface area contributed by atoms with Crippen LogP contribution in [-0.4, -0.2) is 20.1 Å². The molecule has 15 heavy (non-hydrogen) atoms. The molecule has 1 N–H and O–H groups in total. The molecule has 0 saturated carbocycles. The van der Waals surface area contributed by atoms with Gasteiger partial charge in [-0.2, -0.15) is 0 Å². The van der Waals surface area contributed by atoms with E-state index in [4.69, 9.17) is 0 Å². The highest BCUT2D eigenvalue weighted by Crippen LogP contribution is 2.25. The maximum absolute atomic E-state index is 9.73. The average Bonchev–Trinajstić information content (AvgIpc) is 2.25. The first-order chi connectivity index (χ1) is 7.18. The lowest BCUT2D eigenvalue weighted by molar-refractivity contribution is 0.473. The fourth-order valence-electron chi connectivity index (χ4n) is 1.28. The highest BCUT2D eigenvalue weighted by atomic mass is 16.3. The number of aromatic nitrogens is 3. The molecule has 2 rings (SSSR count). The number of rotatable bonds is 1.